The SMILES string of the molecule is COc1ccc([C@H](C(=O)NC2CCC(C)CC2)N(CCc2ccccc2)C(=O)CCl)cc1OC. The normalized spacial score (nSPS) is 18.6. The number of hydrogen-bond donors (Lipinski definition) is 1. The third-order valence-electron chi connectivity index (χ3n) is 6.56. The van der Waals surface area contributed by atoms with Crippen molar-refractivity contribution < 1.29 is 19.1 Å². The zero-order valence-electron chi connectivity index (χ0n) is 20.3. The zero-order chi connectivity index (χ0) is 24.5. The van der Waals surface area contributed by atoms with Crippen LogP contribution in [0.15, 0.2) is 48.5 Å². The molecule has 1 fully saturated rings. The van der Waals surface area contributed by atoms with Crippen molar-refractivity contribution >= 4 is 23.4 Å². The first kappa shape index (κ1) is 25.9. The fourth-order valence-electron chi connectivity index (χ4n) is 4.55. The molecule has 7 heteroatoms. The first-order valence-corrected chi connectivity index (χ1v) is 12.4. The maximum absolute atomic E-state index is 13.7. The molecule has 0 saturated heterocycles. The number of nitrogens with zero attached hydrogens (tertiary/aromatic N) is 1. The highest BCUT2D eigenvalue weighted by molar-refractivity contribution is 6.27. The van der Waals surface area contributed by atoms with Gasteiger partial charge in [0, 0.05) is 12.6 Å². The summed E-state index contributed by atoms with van der Waals surface area (Å²) in [5, 5.41) is 3.21. The molecule has 3 rings (SSSR count). The van der Waals surface area contributed by atoms with Crippen molar-refractivity contribution in [2.45, 2.75) is 51.1 Å². The summed E-state index contributed by atoms with van der Waals surface area (Å²) in [5.41, 5.74) is 1.74. The van der Waals surface area contributed by atoms with E-state index in [1.807, 2.05) is 36.4 Å². The van der Waals surface area contributed by atoms with Gasteiger partial charge in [-0.15, -0.1) is 11.6 Å². The topological polar surface area (TPSA) is 67.9 Å². The highest BCUT2D eigenvalue weighted by Crippen LogP contribution is 2.33. The Kier molecular flexibility index (Phi) is 9.63. The van der Waals surface area contributed by atoms with E-state index in [1.54, 1.807) is 31.3 Å². The molecule has 0 aromatic heterocycles. The van der Waals surface area contributed by atoms with Gasteiger partial charge in [-0.2, -0.15) is 0 Å². The van der Waals surface area contributed by atoms with Crippen LogP contribution in [0.1, 0.15) is 49.8 Å². The lowest BCUT2D eigenvalue weighted by Crippen LogP contribution is -2.48. The van der Waals surface area contributed by atoms with E-state index in [2.05, 4.69) is 12.2 Å². The molecule has 0 radical (unpaired) electrons. The Bertz CT molecular complexity index is 945. The summed E-state index contributed by atoms with van der Waals surface area (Å²) in [6.45, 7) is 2.61. The van der Waals surface area contributed by atoms with Crippen LogP contribution in [0.4, 0.5) is 0 Å². The number of ether oxygens (including phenoxy) is 2. The van der Waals surface area contributed by atoms with Gasteiger partial charge < -0.3 is 19.7 Å². The number of methoxy groups -OCH3 is 2. The molecule has 1 atom stereocenters. The van der Waals surface area contributed by atoms with Crippen molar-refractivity contribution in [1.82, 2.24) is 10.2 Å². The van der Waals surface area contributed by atoms with Gasteiger partial charge in [0.2, 0.25) is 11.8 Å². The summed E-state index contributed by atoms with van der Waals surface area (Å²) in [7, 11) is 3.12. The molecule has 0 bridgehead atoms. The summed E-state index contributed by atoms with van der Waals surface area (Å²) >= 11 is 6.01. The maximum atomic E-state index is 13.7. The molecule has 0 spiro atoms. The first-order valence-electron chi connectivity index (χ1n) is 11.9. The van der Waals surface area contributed by atoms with Crippen molar-refractivity contribution in [1.29, 1.82) is 0 Å². The van der Waals surface area contributed by atoms with Crippen molar-refractivity contribution in [2.75, 3.05) is 26.6 Å². The van der Waals surface area contributed by atoms with Crippen LogP contribution in [0.5, 0.6) is 11.5 Å². The van der Waals surface area contributed by atoms with E-state index in [9.17, 15) is 9.59 Å². The predicted octanol–water partition coefficient (Wildman–Crippen LogP) is 4.75. The van der Waals surface area contributed by atoms with Gasteiger partial charge in [0.05, 0.1) is 14.2 Å². The first-order chi connectivity index (χ1) is 16.5. The summed E-state index contributed by atoms with van der Waals surface area (Å²) < 4.78 is 10.8. The van der Waals surface area contributed by atoms with Crippen LogP contribution in [0.3, 0.4) is 0 Å². The molecule has 1 saturated carbocycles. The monoisotopic (exact) mass is 486 g/mol. The van der Waals surface area contributed by atoms with Crippen molar-refractivity contribution in [2.24, 2.45) is 5.92 Å². The average molecular weight is 487 g/mol. The molecule has 1 aliphatic carbocycles. The minimum atomic E-state index is -0.825. The van der Waals surface area contributed by atoms with Gasteiger partial charge in [0.15, 0.2) is 11.5 Å². The Morgan fingerprint density at radius 1 is 1.03 bits per heavy atom. The molecule has 34 heavy (non-hydrogen) atoms. The molecular weight excluding hydrogens is 452 g/mol. The Morgan fingerprint density at radius 2 is 1.71 bits per heavy atom. The highest BCUT2D eigenvalue weighted by Gasteiger charge is 2.33. The van der Waals surface area contributed by atoms with E-state index >= 15 is 0 Å². The smallest absolute Gasteiger partial charge is 0.247 e. The average Bonchev–Trinajstić information content (AvgIpc) is 2.87. The summed E-state index contributed by atoms with van der Waals surface area (Å²) in [4.78, 5) is 28.3. The number of halogens is 1. The third kappa shape index (κ3) is 6.66. The second kappa shape index (κ2) is 12.7. The molecular formula is C27H35ClN2O4. The quantitative estimate of drug-likeness (QED) is 0.492. The van der Waals surface area contributed by atoms with Crippen LogP contribution in [-0.4, -0.2) is 49.4 Å². The van der Waals surface area contributed by atoms with Crippen molar-refractivity contribution in [3.63, 3.8) is 0 Å². The van der Waals surface area contributed by atoms with Crippen LogP contribution in [-0.2, 0) is 16.0 Å². The van der Waals surface area contributed by atoms with Crippen LogP contribution in [0.2, 0.25) is 0 Å². The molecule has 0 heterocycles. The van der Waals surface area contributed by atoms with E-state index in [-0.39, 0.29) is 23.7 Å². The van der Waals surface area contributed by atoms with E-state index in [1.165, 1.54) is 0 Å². The van der Waals surface area contributed by atoms with Crippen LogP contribution >= 0.6 is 11.6 Å². The Hall–Kier alpha value is -2.73. The molecule has 2 aromatic carbocycles. The molecule has 0 unspecified atom stereocenters. The molecule has 184 valence electrons. The van der Waals surface area contributed by atoms with Crippen LogP contribution < -0.4 is 14.8 Å². The number of amides is 2. The fourth-order valence-corrected chi connectivity index (χ4v) is 4.70. The summed E-state index contributed by atoms with van der Waals surface area (Å²) in [6.07, 6.45) is 4.67. The summed E-state index contributed by atoms with van der Waals surface area (Å²) in [5.74, 6) is 1.06. The number of benzene rings is 2. The third-order valence-corrected chi connectivity index (χ3v) is 6.79. The van der Waals surface area contributed by atoms with Crippen LogP contribution in [0.25, 0.3) is 0 Å². The van der Waals surface area contributed by atoms with Gasteiger partial charge in [-0.1, -0.05) is 43.3 Å². The number of nitrogens with one attached hydrogen (secondary N) is 1. The molecule has 6 nitrogen and oxygen atoms in total. The van der Waals surface area contributed by atoms with Gasteiger partial charge in [-0.3, -0.25) is 9.59 Å². The zero-order valence-corrected chi connectivity index (χ0v) is 21.0. The predicted molar refractivity (Wildman–Crippen MR) is 134 cm³/mol. The lowest BCUT2D eigenvalue weighted by molar-refractivity contribution is -0.139. The van der Waals surface area contributed by atoms with Gasteiger partial charge in [-0.25, -0.2) is 0 Å². The van der Waals surface area contributed by atoms with Crippen molar-refractivity contribution in [3.8, 4) is 11.5 Å². The van der Waals surface area contributed by atoms with Gasteiger partial charge in [0.25, 0.3) is 0 Å². The van der Waals surface area contributed by atoms with Gasteiger partial charge in [-0.05, 0) is 61.3 Å². The lowest BCUT2D eigenvalue weighted by Gasteiger charge is -2.34. The Labute approximate surface area is 207 Å². The lowest BCUT2D eigenvalue weighted by atomic mass is 9.87. The highest BCUT2D eigenvalue weighted by atomic mass is 35.5. The van der Waals surface area contributed by atoms with Crippen molar-refractivity contribution in [3.05, 3.63) is 59.7 Å². The van der Waals surface area contributed by atoms with Crippen LogP contribution in [0, 0.1) is 5.92 Å². The molecule has 2 amide bonds. The molecule has 0 aliphatic heterocycles. The van der Waals surface area contributed by atoms with E-state index < -0.39 is 6.04 Å². The number of rotatable bonds is 10. The van der Waals surface area contributed by atoms with Gasteiger partial charge in [0.1, 0.15) is 11.9 Å². The number of carbonyl (C=O) groups is 2. The molecule has 1 N–H and O–H groups in total. The minimum absolute atomic E-state index is 0.105. The van der Waals surface area contributed by atoms with E-state index in [0.717, 1.165) is 31.2 Å². The summed E-state index contributed by atoms with van der Waals surface area (Å²) in [6, 6.07) is 14.5. The molecule has 2 aromatic rings. The Morgan fingerprint density at radius 3 is 2.32 bits per heavy atom. The number of hydrogen-bond acceptors (Lipinski definition) is 4. The minimum Gasteiger partial charge on any atom is -0.493 e. The Balaban J connectivity index is 1.93. The number of alkyl halides is 1. The second-order valence-corrected chi connectivity index (χ2v) is 9.21. The molecule has 1 aliphatic rings. The maximum Gasteiger partial charge on any atom is 0.247 e. The van der Waals surface area contributed by atoms with Gasteiger partial charge >= 0.3 is 0 Å². The standard InChI is InChI=1S/C27H35ClN2O4/c1-19-9-12-22(13-10-19)29-27(32)26(21-11-14-23(33-2)24(17-21)34-3)30(25(31)18-28)16-15-20-7-5-4-6-8-20/h4-8,11,14,17,19,22,26H,9-10,12-13,15-16,18H2,1-3H3,(H,29,32)/t19?,22?,26-/m1/s1. The fraction of sp³-hybridized carbons (Fsp3) is 0.481. The van der Waals surface area contributed by atoms with E-state index in [4.69, 9.17) is 21.1 Å². The number of carbonyl (C=O) groups excluding carboxylic acids is 2. The largest absolute Gasteiger partial charge is 0.493 e. The second-order valence-electron chi connectivity index (χ2n) is 8.94. The van der Waals surface area contributed by atoms with E-state index in [0.29, 0.717) is 35.9 Å².